The molecule has 1 aliphatic carbocycles. The zero-order valence-electron chi connectivity index (χ0n) is 19.8. The van der Waals surface area contributed by atoms with E-state index in [0.717, 1.165) is 38.0 Å². The second-order valence-corrected chi connectivity index (χ2v) is 9.60. The first-order valence-electron chi connectivity index (χ1n) is 11.8. The molecular weight excluding hydrogens is 435 g/mol. The van der Waals surface area contributed by atoms with E-state index in [4.69, 9.17) is 4.74 Å². The monoisotopic (exact) mass is 466 g/mol. The van der Waals surface area contributed by atoms with E-state index in [1.807, 2.05) is 30.3 Å². The van der Waals surface area contributed by atoms with Crippen molar-refractivity contribution in [1.82, 2.24) is 4.90 Å². The highest BCUT2D eigenvalue weighted by Crippen LogP contribution is 2.55. The van der Waals surface area contributed by atoms with Crippen LogP contribution in [0.3, 0.4) is 0 Å². The maximum Gasteiger partial charge on any atom is 0.342 e. The maximum absolute atomic E-state index is 14.4. The van der Waals surface area contributed by atoms with Crippen LogP contribution in [0.2, 0.25) is 0 Å². The number of nitrogens with zero attached hydrogens (tertiary/aromatic N) is 1. The summed E-state index contributed by atoms with van der Waals surface area (Å²) in [6, 6.07) is 13.0. The highest BCUT2D eigenvalue weighted by atomic mass is 19.1. The van der Waals surface area contributed by atoms with Gasteiger partial charge in [-0.05, 0) is 48.3 Å². The Bertz CT molecular complexity index is 1080. The van der Waals surface area contributed by atoms with E-state index in [1.54, 1.807) is 4.90 Å². The Morgan fingerprint density at radius 3 is 2.47 bits per heavy atom. The molecule has 0 radical (unpaired) electrons. The Morgan fingerprint density at radius 1 is 1.15 bits per heavy atom. The van der Waals surface area contributed by atoms with Gasteiger partial charge in [0.2, 0.25) is 11.8 Å². The molecule has 2 aromatic carbocycles. The lowest BCUT2D eigenvalue weighted by Gasteiger charge is -2.31. The zero-order chi connectivity index (χ0) is 24.5. The topological polar surface area (TPSA) is 75.7 Å². The van der Waals surface area contributed by atoms with E-state index in [2.05, 4.69) is 19.2 Å². The van der Waals surface area contributed by atoms with Gasteiger partial charge in [-0.1, -0.05) is 56.7 Å². The second-order valence-electron chi connectivity index (χ2n) is 9.60. The minimum Gasteiger partial charge on any atom is -0.465 e. The highest BCUT2D eigenvalue weighted by Gasteiger charge is 2.56. The summed E-state index contributed by atoms with van der Waals surface area (Å²) in [4.78, 5) is 41.2. The van der Waals surface area contributed by atoms with Crippen molar-refractivity contribution >= 4 is 23.5 Å². The molecule has 0 bridgehead atoms. The first-order chi connectivity index (χ1) is 16.3. The smallest absolute Gasteiger partial charge is 0.342 e. The summed E-state index contributed by atoms with van der Waals surface area (Å²) < 4.78 is 19.0. The Morgan fingerprint density at radius 2 is 1.85 bits per heavy atom. The standard InChI is InChI=1S/C27H31FN2O4/c1-4-17(2)22(18-9-6-5-7-10-18)25(32)30-16-27(13-14-27)15-21(30)24(31)29-20-12-8-11-19(28)23(20)26(33)34-3/h5-12,17,21-22H,4,13-16H2,1-3H3,(H,29,31)/t17-,21+,22+/m0/s1. The molecule has 2 aromatic rings. The fraction of sp³-hybridized carbons (Fsp3) is 0.444. The second kappa shape index (κ2) is 9.57. The van der Waals surface area contributed by atoms with E-state index in [1.165, 1.54) is 12.1 Å². The number of nitrogens with one attached hydrogen (secondary N) is 1. The third-order valence-electron chi connectivity index (χ3n) is 7.35. The van der Waals surface area contributed by atoms with Gasteiger partial charge in [0.15, 0.2) is 0 Å². The van der Waals surface area contributed by atoms with Gasteiger partial charge in [-0.15, -0.1) is 0 Å². The number of benzene rings is 2. The third kappa shape index (κ3) is 4.56. The number of rotatable bonds is 7. The molecule has 1 heterocycles. The minimum absolute atomic E-state index is 0.0263. The number of amides is 2. The highest BCUT2D eigenvalue weighted by molar-refractivity contribution is 6.04. The number of carbonyl (C=O) groups is 3. The molecule has 4 rings (SSSR count). The Hall–Kier alpha value is -3.22. The molecule has 3 atom stereocenters. The molecule has 0 aromatic heterocycles. The van der Waals surface area contributed by atoms with Gasteiger partial charge in [0.05, 0.1) is 18.7 Å². The van der Waals surface area contributed by atoms with E-state index in [-0.39, 0.29) is 34.4 Å². The molecule has 2 fully saturated rings. The summed E-state index contributed by atoms with van der Waals surface area (Å²) in [6.07, 6.45) is 3.35. The summed E-state index contributed by atoms with van der Waals surface area (Å²) in [5.74, 6) is -2.37. The number of likely N-dealkylation sites (tertiary alicyclic amines) is 1. The molecular formula is C27H31FN2O4. The molecule has 34 heavy (non-hydrogen) atoms. The van der Waals surface area contributed by atoms with Gasteiger partial charge in [-0.25, -0.2) is 9.18 Å². The summed E-state index contributed by atoms with van der Waals surface area (Å²) in [5, 5.41) is 2.71. The largest absolute Gasteiger partial charge is 0.465 e. The normalized spacial score (nSPS) is 20.0. The fourth-order valence-electron chi connectivity index (χ4n) is 5.00. The number of carbonyl (C=O) groups excluding carboxylic acids is 3. The summed E-state index contributed by atoms with van der Waals surface area (Å²) in [7, 11) is 1.16. The average Bonchev–Trinajstić information content (AvgIpc) is 3.48. The summed E-state index contributed by atoms with van der Waals surface area (Å²) >= 11 is 0. The van der Waals surface area contributed by atoms with E-state index >= 15 is 0 Å². The molecule has 6 nitrogen and oxygen atoms in total. The SMILES string of the molecule is CC[C@H](C)[C@@H](C(=O)N1CC2(CC2)C[C@@H]1C(=O)Nc1cccc(F)c1C(=O)OC)c1ccccc1. The number of esters is 1. The molecule has 1 N–H and O–H groups in total. The van der Waals surface area contributed by atoms with E-state index < -0.39 is 23.7 Å². The lowest BCUT2D eigenvalue weighted by molar-refractivity contribution is -0.139. The first kappa shape index (κ1) is 23.9. The Labute approximate surface area is 199 Å². The van der Waals surface area contributed by atoms with Gasteiger partial charge in [0.25, 0.3) is 0 Å². The number of anilines is 1. The molecule has 1 aliphatic heterocycles. The van der Waals surface area contributed by atoms with Crippen molar-refractivity contribution in [3.63, 3.8) is 0 Å². The lowest BCUT2D eigenvalue weighted by atomic mass is 9.84. The van der Waals surface area contributed by atoms with E-state index in [9.17, 15) is 18.8 Å². The van der Waals surface area contributed by atoms with Crippen LogP contribution in [0.1, 0.15) is 61.4 Å². The number of hydrogen-bond donors (Lipinski definition) is 1. The number of halogens is 1. The van der Waals surface area contributed by atoms with E-state index in [0.29, 0.717) is 13.0 Å². The van der Waals surface area contributed by atoms with Gasteiger partial charge < -0.3 is 15.0 Å². The quantitative estimate of drug-likeness (QED) is 0.597. The van der Waals surface area contributed by atoms with Crippen LogP contribution in [-0.4, -0.2) is 42.4 Å². The van der Waals surface area contributed by atoms with Gasteiger partial charge >= 0.3 is 5.97 Å². The third-order valence-corrected chi connectivity index (χ3v) is 7.35. The van der Waals surface area contributed by atoms with Crippen LogP contribution in [0, 0.1) is 17.2 Å². The van der Waals surface area contributed by atoms with Gasteiger partial charge in [0, 0.05) is 6.54 Å². The summed E-state index contributed by atoms with van der Waals surface area (Å²) in [5.41, 5.74) is 0.636. The molecule has 7 heteroatoms. The maximum atomic E-state index is 14.4. The van der Waals surface area contributed by atoms with Crippen LogP contribution in [0.4, 0.5) is 10.1 Å². The lowest BCUT2D eigenvalue weighted by Crippen LogP contribution is -2.46. The predicted molar refractivity (Wildman–Crippen MR) is 127 cm³/mol. The minimum atomic E-state index is -0.868. The van der Waals surface area contributed by atoms with Gasteiger partial charge in [-0.3, -0.25) is 9.59 Å². The van der Waals surface area contributed by atoms with Crippen molar-refractivity contribution in [3.05, 3.63) is 65.5 Å². The zero-order valence-corrected chi connectivity index (χ0v) is 19.8. The first-order valence-corrected chi connectivity index (χ1v) is 11.8. The average molecular weight is 467 g/mol. The molecule has 1 saturated heterocycles. The molecule has 0 unspecified atom stereocenters. The van der Waals surface area contributed by atoms with Crippen LogP contribution in [0.15, 0.2) is 48.5 Å². The van der Waals surface area contributed by atoms with Crippen LogP contribution in [0.5, 0.6) is 0 Å². The molecule has 1 spiro atoms. The summed E-state index contributed by atoms with van der Waals surface area (Å²) in [6.45, 7) is 4.66. The Balaban J connectivity index is 1.63. The van der Waals surface area contributed by atoms with Gasteiger partial charge in [-0.2, -0.15) is 0 Å². The molecule has 180 valence electrons. The van der Waals surface area contributed by atoms with Crippen molar-refractivity contribution < 1.29 is 23.5 Å². The number of ether oxygens (including phenoxy) is 1. The van der Waals surface area contributed by atoms with Crippen LogP contribution in [0.25, 0.3) is 0 Å². The van der Waals surface area contributed by atoms with Crippen LogP contribution < -0.4 is 5.32 Å². The van der Waals surface area contributed by atoms with Crippen LogP contribution in [-0.2, 0) is 14.3 Å². The van der Waals surface area contributed by atoms with Crippen molar-refractivity contribution in [1.29, 1.82) is 0 Å². The fourth-order valence-corrected chi connectivity index (χ4v) is 5.00. The number of hydrogen-bond acceptors (Lipinski definition) is 4. The van der Waals surface area contributed by atoms with Crippen LogP contribution >= 0.6 is 0 Å². The molecule has 1 saturated carbocycles. The van der Waals surface area contributed by atoms with Crippen molar-refractivity contribution in [2.24, 2.45) is 11.3 Å². The Kier molecular flexibility index (Phi) is 6.73. The van der Waals surface area contributed by atoms with Gasteiger partial charge in [0.1, 0.15) is 17.4 Å². The van der Waals surface area contributed by atoms with Crippen molar-refractivity contribution in [2.75, 3.05) is 19.0 Å². The molecule has 2 amide bonds. The van der Waals surface area contributed by atoms with Crippen molar-refractivity contribution in [3.8, 4) is 0 Å². The van der Waals surface area contributed by atoms with Crippen molar-refractivity contribution in [2.45, 2.75) is 51.5 Å². The predicted octanol–water partition coefficient (Wildman–Crippen LogP) is 4.76. The molecule has 2 aliphatic rings. The number of methoxy groups -OCH3 is 1.